The third-order valence-corrected chi connectivity index (χ3v) is 1.30. The summed E-state index contributed by atoms with van der Waals surface area (Å²) in [4.78, 5) is 10.8. The van der Waals surface area contributed by atoms with Gasteiger partial charge in [0, 0.05) is 0 Å². The van der Waals surface area contributed by atoms with E-state index in [1.807, 2.05) is 13.0 Å². The van der Waals surface area contributed by atoms with E-state index in [4.69, 9.17) is 5.11 Å². The highest BCUT2D eigenvalue weighted by molar-refractivity contribution is 5.82. The van der Waals surface area contributed by atoms with Gasteiger partial charge in [-0.25, -0.2) is 4.79 Å². The number of carbonyl (C=O) groups is 1. The number of carbonyl (C=O) groups excluding carboxylic acids is 1. The number of aliphatic hydroxyl groups excluding tert-OH is 1. The summed E-state index contributed by atoms with van der Waals surface area (Å²) in [6, 6.07) is 0. The lowest BCUT2D eigenvalue weighted by molar-refractivity contribution is -0.137. The van der Waals surface area contributed by atoms with Crippen LogP contribution in [0.5, 0.6) is 0 Å². The van der Waals surface area contributed by atoms with Gasteiger partial charge in [0.2, 0.25) is 0 Å². The molecule has 0 aromatic carbocycles. The van der Waals surface area contributed by atoms with Gasteiger partial charge in [-0.1, -0.05) is 19.4 Å². The molecule has 0 aromatic heterocycles. The van der Waals surface area contributed by atoms with Crippen LogP contribution in [0.1, 0.15) is 26.7 Å². The maximum atomic E-state index is 10.8. The molecule has 0 saturated heterocycles. The van der Waals surface area contributed by atoms with Crippen LogP contribution in [0.15, 0.2) is 24.0 Å². The first-order valence-corrected chi connectivity index (χ1v) is 4.44. The van der Waals surface area contributed by atoms with Gasteiger partial charge in [0.15, 0.2) is 0 Å². The van der Waals surface area contributed by atoms with E-state index in [2.05, 4.69) is 4.74 Å². The lowest BCUT2D eigenvalue weighted by Gasteiger charge is -1.95. The van der Waals surface area contributed by atoms with Gasteiger partial charge in [-0.15, -0.1) is 0 Å². The SMILES string of the molecule is CCC/C=C/C(O)=C\C(=O)OCC. The molecule has 3 nitrogen and oxygen atoms in total. The van der Waals surface area contributed by atoms with Crippen molar-refractivity contribution in [3.8, 4) is 0 Å². The second kappa shape index (κ2) is 7.40. The minimum atomic E-state index is -0.513. The monoisotopic (exact) mass is 184 g/mol. The van der Waals surface area contributed by atoms with Crippen LogP contribution < -0.4 is 0 Å². The molecule has 0 aliphatic heterocycles. The average Bonchev–Trinajstić information content (AvgIpc) is 2.05. The highest BCUT2D eigenvalue weighted by Crippen LogP contribution is 1.96. The molecule has 0 amide bonds. The molecule has 0 aliphatic carbocycles. The third kappa shape index (κ3) is 7.12. The predicted molar refractivity (Wildman–Crippen MR) is 51.4 cm³/mol. The van der Waals surface area contributed by atoms with E-state index in [0.29, 0.717) is 6.61 Å². The molecular weight excluding hydrogens is 168 g/mol. The third-order valence-electron chi connectivity index (χ3n) is 1.30. The van der Waals surface area contributed by atoms with Gasteiger partial charge in [-0.3, -0.25) is 0 Å². The second-order valence-electron chi connectivity index (χ2n) is 2.51. The Balaban J connectivity index is 3.93. The summed E-state index contributed by atoms with van der Waals surface area (Å²) in [7, 11) is 0. The smallest absolute Gasteiger partial charge is 0.334 e. The van der Waals surface area contributed by atoms with Crippen LogP contribution in [0.2, 0.25) is 0 Å². The minimum Gasteiger partial charge on any atom is -0.508 e. The molecule has 0 atom stereocenters. The van der Waals surface area contributed by atoms with Gasteiger partial charge >= 0.3 is 5.97 Å². The Hall–Kier alpha value is -1.25. The summed E-state index contributed by atoms with van der Waals surface area (Å²) in [6.45, 7) is 4.08. The lowest BCUT2D eigenvalue weighted by atomic mass is 10.3. The maximum Gasteiger partial charge on any atom is 0.334 e. The van der Waals surface area contributed by atoms with Crippen molar-refractivity contribution in [3.05, 3.63) is 24.0 Å². The summed E-state index contributed by atoms with van der Waals surface area (Å²) in [5.74, 6) is -0.576. The molecule has 13 heavy (non-hydrogen) atoms. The highest BCUT2D eigenvalue weighted by atomic mass is 16.5. The fourth-order valence-electron chi connectivity index (χ4n) is 0.724. The molecule has 0 bridgehead atoms. The lowest BCUT2D eigenvalue weighted by Crippen LogP contribution is -2.00. The Kier molecular flexibility index (Phi) is 6.69. The molecule has 74 valence electrons. The number of esters is 1. The standard InChI is InChI=1S/C10H16O3/c1-3-5-6-7-9(11)8-10(12)13-4-2/h6-8,11H,3-5H2,1-2H3/b7-6+,9-8+. The van der Waals surface area contributed by atoms with E-state index in [0.717, 1.165) is 18.9 Å². The molecule has 0 rings (SSSR count). The number of hydrogen-bond acceptors (Lipinski definition) is 3. The quantitative estimate of drug-likeness (QED) is 0.309. The molecule has 0 aromatic rings. The van der Waals surface area contributed by atoms with Crippen LogP contribution in [0.25, 0.3) is 0 Å². The Bertz CT molecular complexity index is 204. The topological polar surface area (TPSA) is 46.5 Å². The zero-order valence-corrected chi connectivity index (χ0v) is 8.12. The van der Waals surface area contributed by atoms with Gasteiger partial charge < -0.3 is 9.84 Å². The molecule has 0 radical (unpaired) electrons. The first kappa shape index (κ1) is 11.8. The van der Waals surface area contributed by atoms with E-state index in [1.165, 1.54) is 6.08 Å². The zero-order chi connectivity index (χ0) is 10.1. The van der Waals surface area contributed by atoms with Gasteiger partial charge in [0.25, 0.3) is 0 Å². The van der Waals surface area contributed by atoms with Crippen molar-refractivity contribution in [1.29, 1.82) is 0 Å². The van der Waals surface area contributed by atoms with Crippen molar-refractivity contribution in [2.75, 3.05) is 6.61 Å². The summed E-state index contributed by atoms with van der Waals surface area (Å²) in [5, 5.41) is 9.15. The molecule has 0 fully saturated rings. The van der Waals surface area contributed by atoms with E-state index in [-0.39, 0.29) is 5.76 Å². The first-order valence-electron chi connectivity index (χ1n) is 4.44. The van der Waals surface area contributed by atoms with Crippen LogP contribution in [0.4, 0.5) is 0 Å². The molecule has 0 heterocycles. The van der Waals surface area contributed by atoms with E-state index < -0.39 is 5.97 Å². The number of hydrogen-bond donors (Lipinski definition) is 1. The van der Waals surface area contributed by atoms with Crippen LogP contribution >= 0.6 is 0 Å². The zero-order valence-electron chi connectivity index (χ0n) is 8.12. The summed E-state index contributed by atoms with van der Waals surface area (Å²) < 4.78 is 4.61. The van der Waals surface area contributed by atoms with E-state index in [9.17, 15) is 4.79 Å². The maximum absolute atomic E-state index is 10.8. The number of rotatable bonds is 5. The van der Waals surface area contributed by atoms with Crippen molar-refractivity contribution in [1.82, 2.24) is 0 Å². The summed E-state index contributed by atoms with van der Waals surface area (Å²) in [6.07, 6.45) is 6.28. The van der Waals surface area contributed by atoms with Crippen LogP contribution in [0, 0.1) is 0 Å². The minimum absolute atomic E-state index is 0.0631. The number of ether oxygens (including phenoxy) is 1. The van der Waals surface area contributed by atoms with Crippen molar-refractivity contribution in [2.24, 2.45) is 0 Å². The Morgan fingerprint density at radius 2 is 2.15 bits per heavy atom. The van der Waals surface area contributed by atoms with Crippen molar-refractivity contribution in [3.63, 3.8) is 0 Å². The van der Waals surface area contributed by atoms with Crippen molar-refractivity contribution in [2.45, 2.75) is 26.7 Å². The van der Waals surface area contributed by atoms with Gasteiger partial charge in [-0.2, -0.15) is 0 Å². The first-order chi connectivity index (χ1) is 6.20. The molecule has 0 spiro atoms. The van der Waals surface area contributed by atoms with E-state index >= 15 is 0 Å². The number of aliphatic hydroxyl groups is 1. The Morgan fingerprint density at radius 3 is 2.69 bits per heavy atom. The van der Waals surface area contributed by atoms with E-state index in [1.54, 1.807) is 6.92 Å². The molecular formula is C10H16O3. The predicted octanol–water partition coefficient (Wildman–Crippen LogP) is 2.35. The number of allylic oxidation sites excluding steroid dienone is 2. The second-order valence-corrected chi connectivity index (χ2v) is 2.51. The average molecular weight is 184 g/mol. The van der Waals surface area contributed by atoms with Crippen LogP contribution in [-0.4, -0.2) is 17.7 Å². The highest BCUT2D eigenvalue weighted by Gasteiger charge is 1.96. The van der Waals surface area contributed by atoms with Crippen molar-refractivity contribution < 1.29 is 14.6 Å². The number of unbranched alkanes of at least 4 members (excludes halogenated alkanes) is 1. The molecule has 0 aliphatic rings. The fourth-order valence-corrected chi connectivity index (χ4v) is 0.724. The Morgan fingerprint density at radius 1 is 1.46 bits per heavy atom. The molecule has 0 saturated carbocycles. The van der Waals surface area contributed by atoms with Gasteiger partial charge in [-0.05, 0) is 19.4 Å². The van der Waals surface area contributed by atoms with Crippen LogP contribution in [-0.2, 0) is 9.53 Å². The summed E-state index contributed by atoms with van der Waals surface area (Å²) >= 11 is 0. The van der Waals surface area contributed by atoms with Gasteiger partial charge in [0.1, 0.15) is 5.76 Å². The van der Waals surface area contributed by atoms with Crippen molar-refractivity contribution >= 4 is 5.97 Å². The van der Waals surface area contributed by atoms with Gasteiger partial charge in [0.05, 0.1) is 12.7 Å². The molecule has 1 N–H and O–H groups in total. The summed E-state index contributed by atoms with van der Waals surface area (Å²) in [5.41, 5.74) is 0. The Labute approximate surface area is 78.7 Å². The van der Waals surface area contributed by atoms with Crippen LogP contribution in [0.3, 0.4) is 0 Å². The largest absolute Gasteiger partial charge is 0.508 e. The molecule has 0 unspecified atom stereocenters. The fraction of sp³-hybridized carbons (Fsp3) is 0.500. The molecule has 3 heteroatoms. The normalized spacial score (nSPS) is 12.0.